The molecule has 2 aromatic rings. The van der Waals surface area contributed by atoms with Gasteiger partial charge >= 0.3 is 0 Å². The molecule has 1 aliphatic heterocycles. The smallest absolute Gasteiger partial charge is 0.196 e. The number of piperazine rings is 1. The Balaban J connectivity index is 1.72. The first-order chi connectivity index (χ1) is 9.74. The van der Waals surface area contributed by atoms with Crippen LogP contribution in [0.25, 0.3) is 11.1 Å². The van der Waals surface area contributed by atoms with Gasteiger partial charge in [0.15, 0.2) is 11.5 Å². The normalized spacial score (nSPS) is 17.9. The highest BCUT2D eigenvalue weighted by molar-refractivity contribution is 5.73. The van der Waals surface area contributed by atoms with Crippen LogP contribution in [0.15, 0.2) is 22.6 Å². The van der Waals surface area contributed by atoms with Crippen molar-refractivity contribution < 1.29 is 4.42 Å². The highest BCUT2D eigenvalue weighted by atomic mass is 16.3. The fraction of sp³-hybridized carbons (Fsp3) is 0.533. The first-order valence-electron chi connectivity index (χ1n) is 7.24. The molecule has 1 aromatic carbocycles. The number of oxazole rings is 1. The monoisotopic (exact) mass is 274 g/mol. The van der Waals surface area contributed by atoms with E-state index in [4.69, 9.17) is 10.2 Å². The molecule has 3 rings (SSSR count). The average Bonchev–Trinajstić information content (AvgIpc) is 2.83. The Morgan fingerprint density at radius 3 is 2.80 bits per heavy atom. The molecule has 0 radical (unpaired) electrons. The van der Waals surface area contributed by atoms with Gasteiger partial charge in [0, 0.05) is 45.7 Å². The van der Waals surface area contributed by atoms with Crippen molar-refractivity contribution >= 4 is 11.1 Å². The van der Waals surface area contributed by atoms with Gasteiger partial charge in [0.2, 0.25) is 0 Å². The Bertz CT molecular complexity index is 572. The highest BCUT2D eigenvalue weighted by Crippen LogP contribution is 2.18. The first kappa shape index (κ1) is 13.5. The summed E-state index contributed by atoms with van der Waals surface area (Å²) in [6.45, 7) is 6.11. The summed E-state index contributed by atoms with van der Waals surface area (Å²) in [6, 6.07) is 6.29. The molecule has 1 aliphatic rings. The van der Waals surface area contributed by atoms with Gasteiger partial charge in [0.25, 0.3) is 0 Å². The Morgan fingerprint density at radius 1 is 1.25 bits per heavy atom. The van der Waals surface area contributed by atoms with E-state index in [-0.39, 0.29) is 0 Å². The van der Waals surface area contributed by atoms with E-state index >= 15 is 0 Å². The SMILES string of the molecule is CN1CCN(Cc2ccc3oc(CCN)nc3c2)CC1. The maximum Gasteiger partial charge on any atom is 0.196 e. The quantitative estimate of drug-likeness (QED) is 0.904. The predicted octanol–water partition coefficient (Wildman–Crippen LogP) is 1.08. The third-order valence-electron chi connectivity index (χ3n) is 3.86. The van der Waals surface area contributed by atoms with Crippen LogP contribution < -0.4 is 5.73 Å². The second-order valence-corrected chi connectivity index (χ2v) is 5.53. The Labute approximate surface area is 119 Å². The van der Waals surface area contributed by atoms with E-state index in [9.17, 15) is 0 Å². The van der Waals surface area contributed by atoms with Crippen molar-refractivity contribution in [3.8, 4) is 0 Å². The molecule has 0 spiro atoms. The van der Waals surface area contributed by atoms with Crippen LogP contribution in [-0.2, 0) is 13.0 Å². The number of hydrogen-bond acceptors (Lipinski definition) is 5. The Morgan fingerprint density at radius 2 is 2.05 bits per heavy atom. The van der Waals surface area contributed by atoms with Crippen molar-refractivity contribution in [1.29, 1.82) is 0 Å². The van der Waals surface area contributed by atoms with Crippen LogP contribution in [0, 0.1) is 0 Å². The molecule has 0 aliphatic carbocycles. The van der Waals surface area contributed by atoms with Crippen molar-refractivity contribution in [3.63, 3.8) is 0 Å². The van der Waals surface area contributed by atoms with Gasteiger partial charge in [0.1, 0.15) is 5.52 Å². The van der Waals surface area contributed by atoms with E-state index in [2.05, 4.69) is 34.0 Å². The number of nitrogens with zero attached hydrogens (tertiary/aromatic N) is 3. The van der Waals surface area contributed by atoms with E-state index < -0.39 is 0 Å². The lowest BCUT2D eigenvalue weighted by Crippen LogP contribution is -2.43. The van der Waals surface area contributed by atoms with E-state index in [1.165, 1.54) is 5.56 Å². The van der Waals surface area contributed by atoms with E-state index in [1.807, 2.05) is 6.07 Å². The van der Waals surface area contributed by atoms with E-state index in [0.29, 0.717) is 13.0 Å². The van der Waals surface area contributed by atoms with Gasteiger partial charge in [-0.3, -0.25) is 4.90 Å². The number of benzene rings is 1. The highest BCUT2D eigenvalue weighted by Gasteiger charge is 2.14. The lowest BCUT2D eigenvalue weighted by atomic mass is 10.2. The van der Waals surface area contributed by atoms with Gasteiger partial charge in [-0.05, 0) is 24.7 Å². The minimum atomic E-state index is 0.570. The topological polar surface area (TPSA) is 58.5 Å². The summed E-state index contributed by atoms with van der Waals surface area (Å²) in [7, 11) is 2.18. The summed E-state index contributed by atoms with van der Waals surface area (Å²) in [5.74, 6) is 0.735. The molecule has 20 heavy (non-hydrogen) atoms. The Hall–Kier alpha value is -1.43. The fourth-order valence-corrected chi connectivity index (χ4v) is 2.61. The number of aromatic nitrogens is 1. The van der Waals surface area contributed by atoms with Crippen LogP contribution in [0.5, 0.6) is 0 Å². The zero-order valence-corrected chi connectivity index (χ0v) is 12.0. The summed E-state index contributed by atoms with van der Waals surface area (Å²) in [5.41, 5.74) is 8.64. The van der Waals surface area contributed by atoms with Crippen LogP contribution in [0.4, 0.5) is 0 Å². The Kier molecular flexibility index (Phi) is 4.00. The number of fused-ring (bicyclic) bond motifs is 1. The second kappa shape index (κ2) is 5.91. The third kappa shape index (κ3) is 3.00. The van der Waals surface area contributed by atoms with Gasteiger partial charge in [0.05, 0.1) is 0 Å². The zero-order valence-electron chi connectivity index (χ0n) is 12.0. The van der Waals surface area contributed by atoms with E-state index in [1.54, 1.807) is 0 Å². The van der Waals surface area contributed by atoms with Gasteiger partial charge in [-0.2, -0.15) is 0 Å². The summed E-state index contributed by atoms with van der Waals surface area (Å²) in [6.07, 6.45) is 0.697. The van der Waals surface area contributed by atoms with Gasteiger partial charge in [-0.25, -0.2) is 4.98 Å². The molecule has 1 aromatic heterocycles. The summed E-state index contributed by atoms with van der Waals surface area (Å²) >= 11 is 0. The molecule has 2 N–H and O–H groups in total. The van der Waals surface area contributed by atoms with Gasteiger partial charge in [-0.1, -0.05) is 6.07 Å². The standard InChI is InChI=1S/C15H22N4O/c1-18-6-8-19(9-7-18)11-12-2-3-14-13(10-12)17-15(20-14)4-5-16/h2-3,10H,4-9,11,16H2,1H3. The number of hydrogen-bond donors (Lipinski definition) is 1. The molecule has 2 heterocycles. The molecule has 5 heteroatoms. The maximum absolute atomic E-state index is 5.66. The van der Waals surface area contributed by atoms with Crippen molar-refractivity contribution in [2.24, 2.45) is 5.73 Å². The lowest BCUT2D eigenvalue weighted by Gasteiger charge is -2.32. The second-order valence-electron chi connectivity index (χ2n) is 5.53. The number of nitrogens with two attached hydrogens (primary N) is 1. The van der Waals surface area contributed by atoms with Crippen LogP contribution in [0.3, 0.4) is 0 Å². The number of rotatable bonds is 4. The molecule has 108 valence electrons. The van der Waals surface area contributed by atoms with Crippen molar-refractivity contribution in [2.45, 2.75) is 13.0 Å². The van der Waals surface area contributed by atoms with Crippen molar-refractivity contribution in [3.05, 3.63) is 29.7 Å². The molecule has 0 saturated carbocycles. The molecular formula is C15H22N4O. The molecule has 0 amide bonds. The van der Waals surface area contributed by atoms with Crippen molar-refractivity contribution in [2.75, 3.05) is 39.8 Å². The number of likely N-dealkylation sites (N-methyl/N-ethyl adjacent to an activating group) is 1. The fourth-order valence-electron chi connectivity index (χ4n) is 2.61. The molecule has 5 nitrogen and oxygen atoms in total. The van der Waals surface area contributed by atoms with Crippen LogP contribution in [-0.4, -0.2) is 54.6 Å². The van der Waals surface area contributed by atoms with Crippen molar-refractivity contribution in [1.82, 2.24) is 14.8 Å². The molecule has 1 fully saturated rings. The predicted molar refractivity (Wildman–Crippen MR) is 79.5 cm³/mol. The largest absolute Gasteiger partial charge is 0.441 e. The third-order valence-corrected chi connectivity index (χ3v) is 3.86. The summed E-state index contributed by atoms with van der Waals surface area (Å²) < 4.78 is 5.66. The summed E-state index contributed by atoms with van der Waals surface area (Å²) in [5, 5.41) is 0. The van der Waals surface area contributed by atoms with Crippen LogP contribution in [0.2, 0.25) is 0 Å². The lowest BCUT2D eigenvalue weighted by molar-refractivity contribution is 0.148. The first-order valence-corrected chi connectivity index (χ1v) is 7.24. The van der Waals surface area contributed by atoms with Gasteiger partial charge in [-0.15, -0.1) is 0 Å². The van der Waals surface area contributed by atoms with Crippen LogP contribution in [0.1, 0.15) is 11.5 Å². The maximum atomic E-state index is 5.66. The molecule has 0 atom stereocenters. The molecule has 0 bridgehead atoms. The average molecular weight is 274 g/mol. The minimum absolute atomic E-state index is 0.570. The molecular weight excluding hydrogens is 252 g/mol. The molecule has 1 saturated heterocycles. The van der Waals surface area contributed by atoms with Crippen LogP contribution >= 0.6 is 0 Å². The van der Waals surface area contributed by atoms with E-state index in [0.717, 1.165) is 49.7 Å². The van der Waals surface area contributed by atoms with Gasteiger partial charge < -0.3 is 15.1 Å². The zero-order chi connectivity index (χ0) is 13.9. The minimum Gasteiger partial charge on any atom is -0.441 e. The molecule has 0 unspecified atom stereocenters. The summed E-state index contributed by atoms with van der Waals surface area (Å²) in [4.78, 5) is 9.35.